The van der Waals surface area contributed by atoms with E-state index in [1.54, 1.807) is 6.26 Å². The fraction of sp³-hybridized carbons (Fsp3) is 0.571. The second-order valence-corrected chi connectivity index (χ2v) is 13.5. The van der Waals surface area contributed by atoms with Gasteiger partial charge in [0, 0.05) is 12.6 Å². The van der Waals surface area contributed by atoms with Crippen molar-refractivity contribution in [2.75, 3.05) is 31.1 Å². The molecule has 2 heterocycles. The van der Waals surface area contributed by atoms with Gasteiger partial charge in [0.15, 0.2) is 0 Å². The van der Waals surface area contributed by atoms with Crippen LogP contribution in [0.1, 0.15) is 18.2 Å². The molecule has 1 aliphatic rings. The first-order valence-electron chi connectivity index (χ1n) is 9.45. The average molecular weight is 612 g/mol. The number of nitrogen functional groups attached to an aromatic ring is 1. The number of anilines is 1. The largest absolute Gasteiger partial charge is 0.490 e. The third-order valence-electron chi connectivity index (χ3n) is 4.06. The Morgan fingerprint density at radius 2 is 1.94 bits per heavy atom. The van der Waals surface area contributed by atoms with Crippen LogP contribution in [0.25, 0.3) is 0 Å². The van der Waals surface area contributed by atoms with Crippen LogP contribution in [0.2, 0.25) is 0 Å². The third-order valence-corrected chi connectivity index (χ3v) is 9.33. The molecule has 1 saturated heterocycles. The fourth-order valence-corrected chi connectivity index (χ4v) is 6.57. The van der Waals surface area contributed by atoms with Gasteiger partial charge in [-0.15, -0.1) is 0 Å². The number of nitrogens with two attached hydrogens (primary N) is 2. The summed E-state index contributed by atoms with van der Waals surface area (Å²) in [7, 11) is -13.9. The first-order valence-corrected chi connectivity index (χ1v) is 16.7. The van der Waals surface area contributed by atoms with E-state index in [0.29, 0.717) is 0 Å². The van der Waals surface area contributed by atoms with Gasteiger partial charge in [-0.1, -0.05) is 33.4 Å². The van der Waals surface area contributed by atoms with E-state index in [9.17, 15) is 28.3 Å². The molecular formula is C14H23N4O13P3S2. The molecule has 0 radical (unpaired) electrons. The second-order valence-electron chi connectivity index (χ2n) is 6.59. The van der Waals surface area contributed by atoms with Gasteiger partial charge in [-0.3, -0.25) is 9.09 Å². The van der Waals surface area contributed by atoms with Gasteiger partial charge < -0.3 is 40.5 Å². The Balaban J connectivity index is 2.20. The highest BCUT2D eigenvalue weighted by molar-refractivity contribution is 8.76. The Hall–Kier alpha value is -0.770. The van der Waals surface area contributed by atoms with Gasteiger partial charge >= 0.3 is 29.2 Å². The highest BCUT2D eigenvalue weighted by atomic mass is 33.1. The van der Waals surface area contributed by atoms with Gasteiger partial charge in [-0.2, -0.15) is 13.6 Å². The lowest BCUT2D eigenvalue weighted by Crippen LogP contribution is -2.29. The summed E-state index contributed by atoms with van der Waals surface area (Å²) in [6, 6.07) is 0. The number of ether oxygens (including phenoxy) is 2. The predicted molar refractivity (Wildman–Crippen MR) is 128 cm³/mol. The molecule has 0 saturated carbocycles. The SMILES string of the molecule is CSSCOC1C[C@H](n2cc(C#CCN)c(N)nc2=O)O[C@@H]1COP(=O)(O)OP(=O)(O)OP(=O)(O)O. The van der Waals surface area contributed by atoms with Crippen LogP contribution in [0.4, 0.5) is 5.82 Å². The van der Waals surface area contributed by atoms with E-state index < -0.39 is 54.2 Å². The molecule has 204 valence electrons. The maximum absolute atomic E-state index is 12.4. The first-order chi connectivity index (χ1) is 16.7. The standard InChI is InChI=1S/C14H23N4O13P3S2/c1-35-36-8-27-10-5-12(18-6-9(3-2-4-15)13(16)17-14(18)19)29-11(10)7-28-33(23,24)31-34(25,26)30-32(20,21)22/h6,10-12H,4-5,7-8,15H2,1H3,(H,23,24)(H,25,26)(H2,16,17,19)(H2,20,21,22)/t10?,11-,12-/m1/s1. The van der Waals surface area contributed by atoms with Crippen LogP contribution < -0.4 is 17.2 Å². The molecule has 0 bridgehead atoms. The summed E-state index contributed by atoms with van der Waals surface area (Å²) in [6.45, 7) is -0.726. The smallest absolute Gasteiger partial charge is 0.382 e. The minimum atomic E-state index is -5.69. The van der Waals surface area contributed by atoms with Crippen LogP contribution >= 0.6 is 45.1 Å². The minimum absolute atomic E-state index is 0.0319. The molecule has 22 heteroatoms. The van der Waals surface area contributed by atoms with E-state index in [1.165, 1.54) is 27.8 Å². The van der Waals surface area contributed by atoms with Crippen molar-refractivity contribution in [3.63, 3.8) is 0 Å². The van der Waals surface area contributed by atoms with Gasteiger partial charge in [0.1, 0.15) is 24.1 Å². The van der Waals surface area contributed by atoms with Crippen LogP contribution in [-0.2, 0) is 36.3 Å². The number of aromatic nitrogens is 2. The molecule has 17 nitrogen and oxygen atoms in total. The summed E-state index contributed by atoms with van der Waals surface area (Å²) in [5.74, 6) is 5.29. The molecule has 8 N–H and O–H groups in total. The quantitative estimate of drug-likeness (QED) is 0.0601. The minimum Gasteiger partial charge on any atom is -0.382 e. The molecule has 1 aromatic rings. The summed E-state index contributed by atoms with van der Waals surface area (Å²) >= 11 is 0. The number of rotatable bonds is 12. The average Bonchev–Trinajstić information content (AvgIpc) is 3.12. The second kappa shape index (κ2) is 13.3. The molecule has 1 fully saturated rings. The van der Waals surface area contributed by atoms with E-state index in [4.69, 9.17) is 30.7 Å². The van der Waals surface area contributed by atoms with Gasteiger partial charge in [-0.25, -0.2) is 18.5 Å². The lowest BCUT2D eigenvalue weighted by molar-refractivity contribution is -0.0543. The lowest BCUT2D eigenvalue weighted by Gasteiger charge is -2.21. The predicted octanol–water partition coefficient (Wildman–Crippen LogP) is 0.120. The molecule has 0 spiro atoms. The molecule has 0 aliphatic carbocycles. The Morgan fingerprint density at radius 3 is 2.56 bits per heavy atom. The molecular weight excluding hydrogens is 589 g/mol. The van der Waals surface area contributed by atoms with Crippen molar-refractivity contribution in [2.45, 2.75) is 24.9 Å². The van der Waals surface area contributed by atoms with E-state index in [-0.39, 0.29) is 30.3 Å². The number of phosphoric acid groups is 3. The summed E-state index contributed by atoms with van der Waals surface area (Å²) in [6.07, 6.45) is 0.252. The van der Waals surface area contributed by atoms with Crippen LogP contribution in [0.5, 0.6) is 0 Å². The Morgan fingerprint density at radius 1 is 1.25 bits per heavy atom. The Kier molecular flexibility index (Phi) is 11.7. The van der Waals surface area contributed by atoms with Crippen molar-refractivity contribution in [1.82, 2.24) is 9.55 Å². The Labute approximate surface area is 212 Å². The Bertz CT molecular complexity index is 1180. The maximum Gasteiger partial charge on any atom is 0.490 e. The van der Waals surface area contributed by atoms with Gasteiger partial charge in [0.25, 0.3) is 0 Å². The third kappa shape index (κ3) is 10.2. The molecule has 2 rings (SSSR count). The number of hydrogen-bond acceptors (Lipinski definition) is 14. The van der Waals surface area contributed by atoms with Crippen molar-refractivity contribution in [3.8, 4) is 11.8 Å². The zero-order valence-corrected chi connectivity index (χ0v) is 22.6. The van der Waals surface area contributed by atoms with E-state index in [1.807, 2.05) is 0 Å². The summed E-state index contributed by atoms with van der Waals surface area (Å²) < 4.78 is 58.9. The number of hydrogen-bond donors (Lipinski definition) is 6. The van der Waals surface area contributed by atoms with E-state index >= 15 is 0 Å². The van der Waals surface area contributed by atoms with Crippen molar-refractivity contribution >= 4 is 50.9 Å². The van der Waals surface area contributed by atoms with Crippen molar-refractivity contribution in [2.24, 2.45) is 5.73 Å². The van der Waals surface area contributed by atoms with Crippen LogP contribution in [-0.4, -0.2) is 66.7 Å². The number of nitrogens with zero attached hydrogens (tertiary/aromatic N) is 2. The summed E-state index contributed by atoms with van der Waals surface area (Å²) in [5.41, 5.74) is 10.5. The highest BCUT2D eigenvalue weighted by Crippen LogP contribution is 2.66. The van der Waals surface area contributed by atoms with E-state index in [2.05, 4.69) is 30.0 Å². The maximum atomic E-state index is 12.4. The zero-order valence-electron chi connectivity index (χ0n) is 18.3. The highest BCUT2D eigenvalue weighted by Gasteiger charge is 2.43. The van der Waals surface area contributed by atoms with Gasteiger partial charge in [-0.05, 0) is 6.26 Å². The van der Waals surface area contributed by atoms with Crippen molar-refractivity contribution in [3.05, 3.63) is 22.2 Å². The topological polar surface area (TPSA) is 265 Å². The molecule has 3 unspecified atom stereocenters. The van der Waals surface area contributed by atoms with Crippen LogP contribution in [0.15, 0.2) is 11.0 Å². The fourth-order valence-electron chi connectivity index (χ4n) is 2.76. The molecule has 1 aromatic heterocycles. The summed E-state index contributed by atoms with van der Waals surface area (Å²) in [4.78, 5) is 52.3. The van der Waals surface area contributed by atoms with Crippen LogP contribution in [0.3, 0.4) is 0 Å². The molecule has 1 aliphatic heterocycles. The van der Waals surface area contributed by atoms with E-state index in [0.717, 1.165) is 4.57 Å². The zero-order chi connectivity index (χ0) is 27.1. The van der Waals surface area contributed by atoms with Gasteiger partial charge in [0.05, 0.1) is 24.8 Å². The molecule has 0 amide bonds. The summed E-state index contributed by atoms with van der Waals surface area (Å²) in [5, 5.41) is 0. The monoisotopic (exact) mass is 612 g/mol. The molecule has 36 heavy (non-hydrogen) atoms. The van der Waals surface area contributed by atoms with Crippen molar-refractivity contribution in [1.29, 1.82) is 0 Å². The number of phosphoric ester groups is 1. The molecule has 5 atom stereocenters. The van der Waals surface area contributed by atoms with Crippen molar-refractivity contribution < 1.29 is 55.9 Å². The molecule has 0 aromatic carbocycles. The van der Waals surface area contributed by atoms with Crippen LogP contribution in [0, 0.1) is 11.8 Å². The van der Waals surface area contributed by atoms with Gasteiger partial charge in [0.2, 0.25) is 0 Å². The lowest BCUT2D eigenvalue weighted by atomic mass is 10.2. The normalized spacial score (nSPS) is 23.4. The first kappa shape index (κ1) is 31.4.